The van der Waals surface area contributed by atoms with Gasteiger partial charge in [0.1, 0.15) is 17.8 Å². The Bertz CT molecular complexity index is 1100. The van der Waals surface area contributed by atoms with E-state index in [0.29, 0.717) is 41.0 Å². The zero-order valence-electron chi connectivity index (χ0n) is 19.0. The maximum absolute atomic E-state index is 13.3. The van der Waals surface area contributed by atoms with Gasteiger partial charge in [0.2, 0.25) is 5.91 Å². The first-order valence-electron chi connectivity index (χ1n) is 11.0. The first-order valence-corrected chi connectivity index (χ1v) is 11.4. The van der Waals surface area contributed by atoms with Crippen LogP contribution in [0.15, 0.2) is 48.5 Å². The van der Waals surface area contributed by atoms with Crippen molar-refractivity contribution in [1.29, 1.82) is 0 Å². The summed E-state index contributed by atoms with van der Waals surface area (Å²) in [6.45, 7) is 5.93. The molecule has 4 rings (SSSR count). The highest BCUT2D eigenvalue weighted by Crippen LogP contribution is 2.46. The van der Waals surface area contributed by atoms with E-state index in [1.54, 1.807) is 48.5 Å². The molecule has 0 radical (unpaired) electrons. The predicted molar refractivity (Wildman–Crippen MR) is 126 cm³/mol. The molecule has 1 heterocycles. The Hall–Kier alpha value is -3.06. The van der Waals surface area contributed by atoms with Gasteiger partial charge in [-0.05, 0) is 54.9 Å². The van der Waals surface area contributed by atoms with Crippen molar-refractivity contribution < 1.29 is 19.1 Å². The SMILES string of the molecule is CC1CC(C)(C)CC2(C1)NC(=O)N(CC(=O)Nc1ccccc1Oc1ccccc1Cl)C2=O. The number of imide groups is 1. The Morgan fingerprint density at radius 3 is 2.48 bits per heavy atom. The molecular weight excluding hydrogens is 442 g/mol. The van der Waals surface area contributed by atoms with Gasteiger partial charge in [0.05, 0.1) is 10.7 Å². The molecule has 8 heteroatoms. The molecule has 1 aliphatic heterocycles. The van der Waals surface area contributed by atoms with Crippen molar-refractivity contribution >= 4 is 35.1 Å². The number of hydrogen-bond donors (Lipinski definition) is 2. The van der Waals surface area contributed by atoms with Gasteiger partial charge in [-0.3, -0.25) is 14.5 Å². The lowest BCUT2D eigenvalue weighted by molar-refractivity contribution is -0.136. The van der Waals surface area contributed by atoms with Crippen LogP contribution in [-0.4, -0.2) is 34.8 Å². The van der Waals surface area contributed by atoms with E-state index < -0.39 is 17.5 Å². The van der Waals surface area contributed by atoms with Gasteiger partial charge in [-0.2, -0.15) is 0 Å². The number of rotatable bonds is 5. The van der Waals surface area contributed by atoms with Crippen LogP contribution in [0.3, 0.4) is 0 Å². The minimum absolute atomic E-state index is 0.0755. The van der Waals surface area contributed by atoms with E-state index in [2.05, 4.69) is 31.4 Å². The third-order valence-corrected chi connectivity index (χ3v) is 6.46. The van der Waals surface area contributed by atoms with E-state index in [4.69, 9.17) is 16.3 Å². The first-order chi connectivity index (χ1) is 15.6. The fraction of sp³-hybridized carbons (Fsp3) is 0.400. The van der Waals surface area contributed by atoms with E-state index in [-0.39, 0.29) is 17.9 Å². The Morgan fingerprint density at radius 2 is 1.79 bits per heavy atom. The van der Waals surface area contributed by atoms with Crippen molar-refractivity contribution in [2.75, 3.05) is 11.9 Å². The molecule has 1 spiro atoms. The number of benzene rings is 2. The normalized spacial score (nSPS) is 24.0. The zero-order chi connectivity index (χ0) is 23.8. The predicted octanol–water partition coefficient (Wildman–Crippen LogP) is 5.21. The summed E-state index contributed by atoms with van der Waals surface area (Å²) in [5.74, 6) is 0.318. The topological polar surface area (TPSA) is 87.7 Å². The number of nitrogens with zero attached hydrogens (tertiary/aromatic N) is 1. The number of amides is 4. The number of nitrogens with one attached hydrogen (secondary N) is 2. The summed E-state index contributed by atoms with van der Waals surface area (Å²) in [6.07, 6.45) is 2.12. The first kappa shape index (κ1) is 23.1. The lowest BCUT2D eigenvalue weighted by Crippen LogP contribution is -2.54. The lowest BCUT2D eigenvalue weighted by Gasteiger charge is -2.43. The van der Waals surface area contributed by atoms with Gasteiger partial charge in [0.15, 0.2) is 5.75 Å². The van der Waals surface area contributed by atoms with Crippen LogP contribution in [0.5, 0.6) is 11.5 Å². The number of hydrogen-bond acceptors (Lipinski definition) is 4. The summed E-state index contributed by atoms with van der Waals surface area (Å²) in [6, 6.07) is 13.4. The maximum atomic E-state index is 13.3. The second kappa shape index (κ2) is 8.71. The molecule has 0 bridgehead atoms. The maximum Gasteiger partial charge on any atom is 0.325 e. The minimum atomic E-state index is -0.941. The van der Waals surface area contributed by atoms with Crippen molar-refractivity contribution in [1.82, 2.24) is 10.2 Å². The second-order valence-electron chi connectivity index (χ2n) is 9.83. The van der Waals surface area contributed by atoms with Crippen molar-refractivity contribution in [3.05, 3.63) is 53.6 Å². The van der Waals surface area contributed by atoms with Gasteiger partial charge in [0.25, 0.3) is 5.91 Å². The van der Waals surface area contributed by atoms with Crippen LogP contribution < -0.4 is 15.4 Å². The molecule has 2 aliphatic rings. The number of ether oxygens (including phenoxy) is 1. The molecule has 2 aromatic carbocycles. The molecule has 2 N–H and O–H groups in total. The Balaban J connectivity index is 1.47. The average molecular weight is 470 g/mol. The molecule has 2 unspecified atom stereocenters. The smallest absolute Gasteiger partial charge is 0.325 e. The fourth-order valence-electron chi connectivity index (χ4n) is 5.29. The Morgan fingerprint density at radius 1 is 1.12 bits per heavy atom. The minimum Gasteiger partial charge on any atom is -0.454 e. The third-order valence-electron chi connectivity index (χ3n) is 6.14. The average Bonchev–Trinajstić information content (AvgIpc) is 2.92. The second-order valence-corrected chi connectivity index (χ2v) is 10.2. The lowest BCUT2D eigenvalue weighted by atomic mass is 9.64. The number of para-hydroxylation sites is 3. The van der Waals surface area contributed by atoms with E-state index in [1.807, 2.05) is 0 Å². The quantitative estimate of drug-likeness (QED) is 0.588. The van der Waals surface area contributed by atoms with Crippen molar-refractivity contribution in [3.8, 4) is 11.5 Å². The van der Waals surface area contributed by atoms with Gasteiger partial charge >= 0.3 is 6.03 Å². The number of carbonyl (C=O) groups excluding carboxylic acids is 3. The number of carbonyl (C=O) groups is 3. The van der Waals surface area contributed by atoms with Gasteiger partial charge in [0, 0.05) is 0 Å². The molecule has 33 heavy (non-hydrogen) atoms. The summed E-state index contributed by atoms with van der Waals surface area (Å²) in [5, 5.41) is 6.08. The van der Waals surface area contributed by atoms with E-state index >= 15 is 0 Å². The molecule has 174 valence electrons. The van der Waals surface area contributed by atoms with Crippen LogP contribution in [0.1, 0.15) is 40.0 Å². The molecule has 2 atom stereocenters. The summed E-state index contributed by atoms with van der Waals surface area (Å²) in [4.78, 5) is 39.8. The van der Waals surface area contributed by atoms with Crippen molar-refractivity contribution in [2.24, 2.45) is 11.3 Å². The number of anilines is 1. The molecule has 4 amide bonds. The Kier molecular flexibility index (Phi) is 6.10. The Labute approximate surface area is 198 Å². The molecule has 2 fully saturated rings. The molecule has 1 saturated carbocycles. The highest BCUT2D eigenvalue weighted by molar-refractivity contribution is 6.32. The standard InChI is InChI=1S/C25H28ClN3O4/c1-16-12-24(2,3)15-25(13-16)22(31)29(23(32)28-25)14-21(30)27-18-9-5-7-11-20(18)33-19-10-6-4-8-17(19)26/h4-11,16H,12-15H2,1-3H3,(H,27,30)(H,28,32). The van der Waals surface area contributed by atoms with Crippen LogP contribution in [-0.2, 0) is 9.59 Å². The van der Waals surface area contributed by atoms with Crippen LogP contribution in [0, 0.1) is 11.3 Å². The summed E-state index contributed by atoms with van der Waals surface area (Å²) in [7, 11) is 0. The summed E-state index contributed by atoms with van der Waals surface area (Å²) in [5.41, 5.74) is -0.603. The molecule has 2 aromatic rings. The van der Waals surface area contributed by atoms with E-state index in [1.165, 1.54) is 0 Å². The van der Waals surface area contributed by atoms with Crippen LogP contribution in [0.2, 0.25) is 5.02 Å². The highest BCUT2D eigenvalue weighted by atomic mass is 35.5. The monoisotopic (exact) mass is 469 g/mol. The van der Waals surface area contributed by atoms with E-state index in [0.717, 1.165) is 11.3 Å². The third kappa shape index (κ3) is 4.83. The van der Waals surface area contributed by atoms with Crippen molar-refractivity contribution in [3.63, 3.8) is 0 Å². The van der Waals surface area contributed by atoms with Gasteiger partial charge in [-0.1, -0.05) is 56.6 Å². The number of urea groups is 1. The van der Waals surface area contributed by atoms with Crippen LogP contribution in [0.25, 0.3) is 0 Å². The van der Waals surface area contributed by atoms with Crippen LogP contribution in [0.4, 0.5) is 10.5 Å². The van der Waals surface area contributed by atoms with E-state index in [9.17, 15) is 14.4 Å². The molecular formula is C25H28ClN3O4. The van der Waals surface area contributed by atoms with Gasteiger partial charge in [-0.25, -0.2) is 4.79 Å². The largest absolute Gasteiger partial charge is 0.454 e. The van der Waals surface area contributed by atoms with Crippen molar-refractivity contribution in [2.45, 2.75) is 45.6 Å². The fourth-order valence-corrected chi connectivity index (χ4v) is 5.46. The molecule has 1 saturated heterocycles. The molecule has 0 aromatic heterocycles. The zero-order valence-corrected chi connectivity index (χ0v) is 19.7. The van der Waals surface area contributed by atoms with Gasteiger partial charge in [-0.15, -0.1) is 0 Å². The van der Waals surface area contributed by atoms with Crippen LogP contribution >= 0.6 is 11.6 Å². The number of halogens is 1. The van der Waals surface area contributed by atoms with Gasteiger partial charge < -0.3 is 15.4 Å². The molecule has 1 aliphatic carbocycles. The summed E-state index contributed by atoms with van der Waals surface area (Å²) >= 11 is 6.18. The highest BCUT2D eigenvalue weighted by Gasteiger charge is 2.56. The summed E-state index contributed by atoms with van der Waals surface area (Å²) < 4.78 is 5.87. The molecule has 7 nitrogen and oxygen atoms in total.